The molecule has 3 radical (unpaired) electrons. The van der Waals surface area contributed by atoms with E-state index in [-0.39, 0.29) is 101 Å². The lowest BCUT2D eigenvalue weighted by atomic mass is 9.83. The van der Waals surface area contributed by atoms with Crippen LogP contribution in [0, 0.1) is 36.0 Å². The molecule has 0 unspecified atom stereocenters. The number of fused-ring (bicyclic) bond motifs is 10. The summed E-state index contributed by atoms with van der Waals surface area (Å²) < 4.78 is 101. The quantitative estimate of drug-likeness (QED) is 0.0214. The number of carboxylic acids is 2. The third kappa shape index (κ3) is 31.3. The summed E-state index contributed by atoms with van der Waals surface area (Å²) in [6.45, 7) is 11.4. The maximum absolute atomic E-state index is 14.2. The van der Waals surface area contributed by atoms with E-state index in [9.17, 15) is 46.3 Å². The van der Waals surface area contributed by atoms with Gasteiger partial charge in [-0.25, -0.2) is 31.5 Å². The highest BCUT2D eigenvalue weighted by molar-refractivity contribution is 9.08. The number of likely N-dealkylation sites (tertiary alicyclic amines) is 3. The Balaban J connectivity index is 0.000000308. The normalized spacial score (nSPS) is 16.6. The monoisotopic (exact) mass is 1950 g/mol. The number of halogens is 14. The molecule has 16 rings (SSSR count). The van der Waals surface area contributed by atoms with Gasteiger partial charge in [-0.2, -0.15) is 0 Å². The van der Waals surface area contributed by atoms with Crippen LogP contribution in [-0.4, -0.2) is 129 Å². The lowest BCUT2D eigenvalue weighted by molar-refractivity contribution is -0.134. The van der Waals surface area contributed by atoms with Gasteiger partial charge in [-0.15, -0.1) is 0 Å². The van der Waals surface area contributed by atoms with Gasteiger partial charge in [0.15, 0.2) is 0 Å². The Morgan fingerprint density at radius 2 is 0.754 bits per heavy atom. The number of carbonyl (C=O) groups is 2. The van der Waals surface area contributed by atoms with Gasteiger partial charge in [-0.1, -0.05) is 197 Å². The summed E-state index contributed by atoms with van der Waals surface area (Å²) in [4.78, 5) is 26.0. The first-order valence-electron chi connectivity index (χ1n) is 38.4. The largest absolute Gasteiger partial charge is 0.508 e. The summed E-state index contributed by atoms with van der Waals surface area (Å²) in [6, 6.07) is 65.0. The zero-order chi connectivity index (χ0) is 88.5. The molecule has 11 aromatic rings. The topological polar surface area (TPSA) is 179 Å². The minimum Gasteiger partial charge on any atom is -0.508 e. The van der Waals surface area contributed by atoms with Gasteiger partial charge in [0.1, 0.15) is 63.6 Å². The molecular weight excluding hydrogens is 1850 g/mol. The maximum Gasteiger partial charge on any atom is 0.335 e. The van der Waals surface area contributed by atoms with Crippen molar-refractivity contribution in [3.8, 4) is 34.5 Å². The van der Waals surface area contributed by atoms with Crippen LogP contribution in [0.1, 0.15) is 127 Å². The Morgan fingerprint density at radius 3 is 1.17 bits per heavy atom. The molecule has 0 saturated carbocycles. The molecule has 4 N–H and O–H groups in total. The van der Waals surface area contributed by atoms with E-state index in [4.69, 9.17) is 110 Å². The van der Waals surface area contributed by atoms with Crippen molar-refractivity contribution in [2.45, 2.75) is 82.6 Å². The van der Waals surface area contributed by atoms with Crippen molar-refractivity contribution >= 4 is 137 Å². The van der Waals surface area contributed by atoms with Gasteiger partial charge in [0.05, 0.1) is 19.4 Å². The number of nitrogens with zero attached hydrogens (tertiary/aromatic N) is 3. The van der Waals surface area contributed by atoms with Crippen LogP contribution in [-0.2, 0) is 34.7 Å². The van der Waals surface area contributed by atoms with E-state index in [0.29, 0.717) is 94.1 Å². The van der Waals surface area contributed by atoms with Crippen molar-refractivity contribution < 1.29 is 81.2 Å². The minimum atomic E-state index is -3.29. The predicted molar refractivity (Wildman–Crippen MR) is 507 cm³/mol. The minimum absolute atomic E-state index is 0. The molecule has 30 heteroatoms. The molecule has 3 saturated heterocycles. The molecule has 0 spiro atoms. The number of phenolic OH excluding ortho intramolecular Hbond substituents is 2. The molecule has 671 valence electrons. The Morgan fingerprint density at radius 1 is 0.429 bits per heavy atom. The fraction of sp³-hybridized carbons (Fsp3) is 0.250. The number of alkyl halides is 1. The number of aryl methyl sites for hydroxylation is 1. The number of hydrogen-bond donors (Lipinski definition) is 4. The van der Waals surface area contributed by atoms with E-state index < -0.39 is 25.4 Å². The number of carboxylic acid groups (broad SMARTS) is 2. The second kappa shape index (κ2) is 52.0. The SMILES string of the molecule is C.C.CCOP(=O)(Cc1cc(Cl)ccc1F)OCC.CN1C[C@@H]2c3ccccc3Oc3ccc(Cl)cc3[C@H]2C1.CN1C[C@@H]2c3ccccc3Oc3ccc(Cl)cc3[C@H]2C1.CN1C[C@H](c2ccccc2O)[C@@H](c2cc(Cl)ccc2F)C1.Cc1cc(Cl)ccc1F.F.Fc1ccc(Cl)cc1CBr.O=C(O)/C=C\C(=O)O.Oc1ccccc1/C=C/c1cc(Cl)ccc1F.[2HH].[B]. The van der Waals surface area contributed by atoms with Crippen molar-refractivity contribution in [1.29, 1.82) is 0 Å². The van der Waals surface area contributed by atoms with E-state index in [1.54, 1.807) is 93.6 Å². The number of aliphatic carboxylic acids is 2. The van der Waals surface area contributed by atoms with Crippen LogP contribution in [0.5, 0.6) is 34.5 Å². The summed E-state index contributed by atoms with van der Waals surface area (Å²) >= 11 is 44.3. The summed E-state index contributed by atoms with van der Waals surface area (Å²) in [7, 11) is 3.09. The zero-order valence-corrected chi connectivity index (χ0v) is 75.8. The highest BCUT2D eigenvalue weighted by atomic mass is 79.9. The van der Waals surface area contributed by atoms with E-state index in [1.165, 1.54) is 89.0 Å². The van der Waals surface area contributed by atoms with Gasteiger partial charge in [0, 0.05) is 165 Å². The van der Waals surface area contributed by atoms with Gasteiger partial charge in [0.25, 0.3) is 0 Å². The lowest BCUT2D eigenvalue weighted by Crippen LogP contribution is -2.14. The van der Waals surface area contributed by atoms with E-state index >= 15 is 0 Å². The summed E-state index contributed by atoms with van der Waals surface area (Å²) in [5.41, 5.74) is 9.03. The number of rotatable bonds is 13. The van der Waals surface area contributed by atoms with Crippen LogP contribution in [0.3, 0.4) is 0 Å². The standard InChI is InChI=1S/C17H17ClFNO.2C17H16ClNO.C14H10ClFO.C11H15ClFO3P.C7H5BrClF.C7H6ClF.C4H4O4.2CH4.B.FH.H2/c1-20-9-14(12-4-2-3-5-17(12)21)15(10-20)13-8-11(18)6-7-16(13)19;2*1-19-9-14-12-4-2-3-5-16(12)20-17-7-6-11(18)8-13(17)15(14)10-19;15-12-7-8-13(16)11(9-12)6-5-10-3-1-2-4-14(10)17;1-3-15-17(14,16-4-2)8-9-7-10(12)5-6-11(9)13;8-4-5-3-6(9)1-2-7(5)10;1-5-4-6(8)2-3-7(5)9;5-3(6)1-2-4(7)8;;;;;/h2-8,14-15,21H,9-10H2,1H3;2*2-8,14-15H,9-10H2,1H3;1-9,17H;5-7H,3-4,8H2,1-2H3;1-3H,4H2;2-4H,1H3;1-2H,(H,5,6)(H,7,8);2*1H4;;2*1H/b;;;6-5+;;;;2-1-;;;;;/t3*14-,15-;;;;;;;;;;/m111........../s1/i;;;;;;;;;;;;1+1. The molecule has 5 heterocycles. The van der Waals surface area contributed by atoms with Gasteiger partial charge >= 0.3 is 19.5 Å². The van der Waals surface area contributed by atoms with E-state index in [2.05, 4.69) is 93.3 Å². The molecule has 0 aromatic heterocycles. The molecule has 0 bridgehead atoms. The second-order valence-corrected chi connectivity index (χ2v) is 34.5. The van der Waals surface area contributed by atoms with Gasteiger partial charge in [-0.3, -0.25) is 9.27 Å². The van der Waals surface area contributed by atoms with Crippen LogP contribution in [0.4, 0.5) is 26.7 Å². The highest BCUT2D eigenvalue weighted by Gasteiger charge is 2.41. The van der Waals surface area contributed by atoms with Gasteiger partial charge in [-0.05, 0) is 227 Å². The number of ether oxygens (including phenoxy) is 2. The van der Waals surface area contributed by atoms with Gasteiger partial charge in [0.2, 0.25) is 0 Å². The average Bonchev–Trinajstić information content (AvgIpc) is 1.62. The molecule has 11 aromatic carbocycles. The molecule has 6 atom stereocenters. The van der Waals surface area contributed by atoms with Crippen molar-refractivity contribution in [2.75, 3.05) is 73.6 Å². The van der Waals surface area contributed by atoms with Crippen LogP contribution in [0.2, 0.25) is 35.2 Å². The first kappa shape index (κ1) is 108. The first-order valence-corrected chi connectivity index (χ1v) is 43.9. The van der Waals surface area contributed by atoms with Crippen LogP contribution < -0.4 is 9.47 Å². The number of hydrogen-bond acceptors (Lipinski definition) is 12. The highest BCUT2D eigenvalue weighted by Crippen LogP contribution is 2.54. The third-order valence-electron chi connectivity index (χ3n) is 20.0. The molecule has 14 nitrogen and oxygen atoms in total. The van der Waals surface area contributed by atoms with Crippen molar-refractivity contribution in [3.05, 3.63) is 362 Å². The smallest absolute Gasteiger partial charge is 0.335 e. The van der Waals surface area contributed by atoms with Crippen molar-refractivity contribution in [3.63, 3.8) is 0 Å². The molecule has 0 amide bonds. The Hall–Kier alpha value is -8.78. The Labute approximate surface area is 780 Å². The summed E-state index contributed by atoms with van der Waals surface area (Å²) in [5.74, 6) is 2.23. The van der Waals surface area contributed by atoms with Crippen molar-refractivity contribution in [2.24, 2.45) is 0 Å². The molecule has 0 aliphatic carbocycles. The lowest BCUT2D eigenvalue weighted by Gasteiger charge is -2.21. The Kier molecular flexibility index (Phi) is 44.5. The maximum atomic E-state index is 14.2. The first-order chi connectivity index (χ1) is 58.2. The van der Waals surface area contributed by atoms with Crippen LogP contribution >= 0.6 is 105 Å². The zero-order valence-electron chi connectivity index (χ0n) is 68.0. The number of para-hydroxylation sites is 4. The third-order valence-corrected chi connectivity index (χ3v) is 24.3. The molecule has 3 fully saturated rings. The fourth-order valence-corrected chi connectivity index (χ4v) is 18.0. The van der Waals surface area contributed by atoms with Crippen LogP contribution in [0.15, 0.2) is 237 Å². The van der Waals surface area contributed by atoms with Crippen LogP contribution in [0.25, 0.3) is 12.2 Å². The molecule has 126 heavy (non-hydrogen) atoms. The number of benzene rings is 11. The number of phenols is 2. The van der Waals surface area contributed by atoms with E-state index in [0.717, 1.165) is 77.9 Å². The van der Waals surface area contributed by atoms with E-state index in [1.807, 2.05) is 55.6 Å². The second-order valence-electron chi connectivity index (χ2n) is 28.8. The van der Waals surface area contributed by atoms with Crippen molar-refractivity contribution in [1.82, 2.24) is 14.7 Å². The summed E-state index contributed by atoms with van der Waals surface area (Å²) in [5, 5.41) is 39.9. The summed E-state index contributed by atoms with van der Waals surface area (Å²) in [6.07, 6.45) is 4.23. The van der Waals surface area contributed by atoms with Gasteiger partial charge < -0.3 is 53.6 Å². The Bertz CT molecular complexity index is 5410. The number of likely N-dealkylation sites (N-methyl/N-ethyl adjacent to an activating group) is 3. The predicted octanol–water partition coefficient (Wildman–Crippen LogP) is 28.3. The molecule has 5 aliphatic rings. The molecular formula is C96H100BBrCl7F6N3O11P. The average molecular weight is 1960 g/mol. The molecule has 5 aliphatic heterocycles. The fourth-order valence-electron chi connectivity index (χ4n) is 14.5. The number of aromatic hydroxyl groups is 2.